The van der Waals surface area contributed by atoms with Crippen molar-refractivity contribution in [1.29, 1.82) is 0 Å². The lowest BCUT2D eigenvalue weighted by Gasteiger charge is -2.28. The van der Waals surface area contributed by atoms with Crippen LogP contribution in [0.5, 0.6) is 0 Å². The van der Waals surface area contributed by atoms with E-state index < -0.39 is 32.5 Å². The van der Waals surface area contributed by atoms with Gasteiger partial charge in [0.2, 0.25) is 0 Å². The van der Waals surface area contributed by atoms with Crippen molar-refractivity contribution in [2.45, 2.75) is 270 Å². The number of likely N-dealkylation sites (N-methyl/N-ethyl adjacent to an activating group) is 1. The second kappa shape index (κ2) is 59.3. The minimum absolute atomic E-state index is 0.0360. The fourth-order valence-corrected chi connectivity index (χ4v) is 9.34. The number of allylic oxidation sites excluding steroid dienone is 18. The molecule has 0 aliphatic rings. The number of hydrogen-bond donors (Lipinski definition) is 0. The molecule has 0 heterocycles. The monoisotopic (exact) mass is 1120 g/mol. The second-order valence-corrected chi connectivity index (χ2v) is 23.8. The zero-order valence-corrected chi connectivity index (χ0v) is 52.4. The molecule has 0 aromatic heterocycles. The van der Waals surface area contributed by atoms with E-state index in [9.17, 15) is 19.0 Å². The molecule has 2 atom stereocenters. The predicted molar refractivity (Wildman–Crippen MR) is 337 cm³/mol. The van der Waals surface area contributed by atoms with E-state index in [2.05, 4.69) is 123 Å². The van der Waals surface area contributed by atoms with Gasteiger partial charge in [-0.1, -0.05) is 258 Å². The molecular weight excluding hydrogens is 1000 g/mol. The van der Waals surface area contributed by atoms with E-state index in [1.165, 1.54) is 122 Å². The van der Waals surface area contributed by atoms with Crippen LogP contribution in [0.25, 0.3) is 0 Å². The second-order valence-electron chi connectivity index (χ2n) is 22.4. The average molecular weight is 1120 g/mol. The molecule has 0 fully saturated rings. The minimum Gasteiger partial charge on any atom is -0.756 e. The summed E-state index contributed by atoms with van der Waals surface area (Å²) in [5, 5.41) is 0. The lowest BCUT2D eigenvalue weighted by Crippen LogP contribution is -2.37. The summed E-state index contributed by atoms with van der Waals surface area (Å²) < 4.78 is 34.2. The zero-order chi connectivity index (χ0) is 57.7. The Labute approximate surface area is 486 Å². The third-order valence-electron chi connectivity index (χ3n) is 13.5. The number of carbonyl (C=O) groups is 2. The van der Waals surface area contributed by atoms with Crippen LogP contribution >= 0.6 is 7.82 Å². The Bertz CT molecular complexity index is 1700. The SMILES string of the molecule is CC/C=C\C/C=C\C/C=C\C/C=C\C/C=C\C/C=C\C/C=C\CCCCCCCCCCCCCCCCCCCC(=O)OC(COC(=O)CCCCCCC/C=C\C/C=C\CCCCCC)COP(=O)([O-])OCC[N+](C)(C)C. The number of carbonyl (C=O) groups excluding carboxylic acids is 2. The van der Waals surface area contributed by atoms with Crippen LogP contribution in [0, 0.1) is 0 Å². The molecule has 10 heteroatoms. The number of hydrogen-bond acceptors (Lipinski definition) is 8. The molecule has 0 aliphatic carbocycles. The molecule has 0 radical (unpaired) electrons. The van der Waals surface area contributed by atoms with Gasteiger partial charge in [-0.25, -0.2) is 0 Å². The molecule has 0 spiro atoms. The maximum atomic E-state index is 12.8. The Morgan fingerprint density at radius 3 is 1.08 bits per heavy atom. The Hall–Kier alpha value is -3.33. The van der Waals surface area contributed by atoms with Crippen molar-refractivity contribution in [1.82, 2.24) is 0 Å². The van der Waals surface area contributed by atoms with E-state index in [1.807, 2.05) is 21.1 Å². The molecule has 0 saturated heterocycles. The number of esters is 2. The van der Waals surface area contributed by atoms with Gasteiger partial charge in [-0.3, -0.25) is 14.2 Å². The standard InChI is InChI=1S/C69H120NO8P/c1-6-8-10-12-14-16-18-20-22-24-25-26-27-28-29-30-31-32-33-34-35-36-37-38-39-40-41-42-43-44-45-46-48-50-52-54-56-58-60-62-69(72)78-67(66-77-79(73,74)76-64-63-70(3,4)5)65-75-68(71)61-59-57-55-53-51-49-47-23-21-19-17-15-13-11-9-7-2/h8,10,14,16-17,19-20,22-23,25-26,28-29,31-32,34-35,47,67H,6-7,9,11-13,15,18,21,24,27,30,33,36-46,48-66H2,1-5H3/b10-8-,16-14-,19-17-,22-20-,26-25-,29-28-,32-31-,35-34-,47-23-. The van der Waals surface area contributed by atoms with Gasteiger partial charge >= 0.3 is 11.9 Å². The number of nitrogens with zero attached hydrogens (tertiary/aromatic N) is 1. The van der Waals surface area contributed by atoms with Crippen molar-refractivity contribution < 1.29 is 42.1 Å². The maximum Gasteiger partial charge on any atom is 0.306 e. The largest absolute Gasteiger partial charge is 0.756 e. The number of quaternary nitrogens is 1. The molecule has 0 aliphatic heterocycles. The first-order valence-electron chi connectivity index (χ1n) is 32.1. The van der Waals surface area contributed by atoms with E-state index >= 15 is 0 Å². The van der Waals surface area contributed by atoms with Gasteiger partial charge in [0.25, 0.3) is 7.82 Å². The van der Waals surface area contributed by atoms with E-state index in [1.54, 1.807) is 0 Å². The van der Waals surface area contributed by atoms with Crippen LogP contribution in [-0.4, -0.2) is 70.0 Å². The predicted octanol–water partition coefficient (Wildman–Crippen LogP) is 19.9. The van der Waals surface area contributed by atoms with Gasteiger partial charge in [0, 0.05) is 12.8 Å². The molecule has 454 valence electrons. The third kappa shape index (κ3) is 63.7. The zero-order valence-electron chi connectivity index (χ0n) is 51.5. The van der Waals surface area contributed by atoms with Crippen LogP contribution in [0.15, 0.2) is 109 Å². The average Bonchev–Trinajstić information content (AvgIpc) is 3.41. The fourth-order valence-electron chi connectivity index (χ4n) is 8.61. The van der Waals surface area contributed by atoms with E-state index in [0.29, 0.717) is 23.9 Å². The van der Waals surface area contributed by atoms with Crippen molar-refractivity contribution >= 4 is 19.8 Å². The third-order valence-corrected chi connectivity index (χ3v) is 14.5. The Morgan fingerprint density at radius 2 is 0.722 bits per heavy atom. The molecule has 9 nitrogen and oxygen atoms in total. The first kappa shape index (κ1) is 75.7. The van der Waals surface area contributed by atoms with Crippen LogP contribution in [0.2, 0.25) is 0 Å². The van der Waals surface area contributed by atoms with Crippen molar-refractivity contribution in [2.24, 2.45) is 0 Å². The summed E-state index contributed by atoms with van der Waals surface area (Å²) in [4.78, 5) is 37.9. The van der Waals surface area contributed by atoms with Gasteiger partial charge in [0.15, 0.2) is 6.10 Å². The highest BCUT2D eigenvalue weighted by Gasteiger charge is 2.22. The highest BCUT2D eigenvalue weighted by atomic mass is 31.2. The van der Waals surface area contributed by atoms with Gasteiger partial charge in [-0.2, -0.15) is 0 Å². The Kier molecular flexibility index (Phi) is 56.8. The minimum atomic E-state index is -4.64. The van der Waals surface area contributed by atoms with E-state index in [0.717, 1.165) is 103 Å². The molecule has 79 heavy (non-hydrogen) atoms. The Morgan fingerprint density at radius 1 is 0.405 bits per heavy atom. The summed E-state index contributed by atoms with van der Waals surface area (Å²) in [6, 6.07) is 0. The normalized spacial score (nSPS) is 13.9. The van der Waals surface area contributed by atoms with Gasteiger partial charge in [0.1, 0.15) is 19.8 Å². The molecule has 0 bridgehead atoms. The highest BCUT2D eigenvalue weighted by Crippen LogP contribution is 2.38. The van der Waals surface area contributed by atoms with Crippen molar-refractivity contribution in [3.8, 4) is 0 Å². The molecule has 0 rings (SSSR count). The van der Waals surface area contributed by atoms with Crippen molar-refractivity contribution in [3.05, 3.63) is 109 Å². The van der Waals surface area contributed by atoms with Gasteiger partial charge in [0.05, 0.1) is 27.7 Å². The number of phosphoric ester groups is 1. The van der Waals surface area contributed by atoms with Crippen LogP contribution in [0.3, 0.4) is 0 Å². The summed E-state index contributed by atoms with van der Waals surface area (Å²) in [5.41, 5.74) is 0. The first-order valence-corrected chi connectivity index (χ1v) is 33.6. The topological polar surface area (TPSA) is 111 Å². The fraction of sp³-hybridized carbons (Fsp3) is 0.710. The molecule has 0 aromatic rings. The summed E-state index contributed by atoms with van der Waals surface area (Å²) in [5.74, 6) is -0.847. The van der Waals surface area contributed by atoms with Crippen LogP contribution in [-0.2, 0) is 32.7 Å². The van der Waals surface area contributed by atoms with Gasteiger partial charge < -0.3 is 27.9 Å². The molecule has 0 aromatic carbocycles. The van der Waals surface area contributed by atoms with Crippen LogP contribution in [0.1, 0.15) is 264 Å². The maximum absolute atomic E-state index is 12.8. The van der Waals surface area contributed by atoms with Crippen LogP contribution < -0.4 is 4.89 Å². The highest BCUT2D eigenvalue weighted by molar-refractivity contribution is 7.45. The lowest BCUT2D eigenvalue weighted by molar-refractivity contribution is -0.870. The Balaban J connectivity index is 4.01. The quantitative estimate of drug-likeness (QED) is 0.0195. The molecular formula is C69H120NO8P. The molecule has 0 saturated carbocycles. The summed E-state index contributed by atoms with van der Waals surface area (Å²) in [6.45, 7) is 4.10. The molecule has 2 unspecified atom stereocenters. The summed E-state index contributed by atoms with van der Waals surface area (Å²) in [6.07, 6.45) is 83.0. The summed E-state index contributed by atoms with van der Waals surface area (Å²) in [7, 11) is 1.15. The number of ether oxygens (including phenoxy) is 2. The molecule has 0 amide bonds. The van der Waals surface area contributed by atoms with E-state index in [-0.39, 0.29) is 26.1 Å². The van der Waals surface area contributed by atoms with Crippen molar-refractivity contribution in [2.75, 3.05) is 47.5 Å². The smallest absolute Gasteiger partial charge is 0.306 e. The summed E-state index contributed by atoms with van der Waals surface area (Å²) >= 11 is 0. The lowest BCUT2D eigenvalue weighted by atomic mass is 10.0. The first-order chi connectivity index (χ1) is 38.5. The molecule has 0 N–H and O–H groups in total. The van der Waals surface area contributed by atoms with Crippen molar-refractivity contribution in [3.63, 3.8) is 0 Å². The van der Waals surface area contributed by atoms with Gasteiger partial charge in [-0.05, 0) is 103 Å². The van der Waals surface area contributed by atoms with Crippen LogP contribution in [0.4, 0.5) is 0 Å². The number of unbranched alkanes of at least 4 members (excludes halogenated alkanes) is 26. The van der Waals surface area contributed by atoms with E-state index in [4.69, 9.17) is 18.5 Å². The number of rotatable bonds is 58. The number of phosphoric acid groups is 1. The van der Waals surface area contributed by atoms with Gasteiger partial charge in [-0.15, -0.1) is 0 Å².